The molecular weight excluding hydrogens is 394 g/mol. The Kier molecular flexibility index (Phi) is 7.04. The van der Waals surface area contributed by atoms with E-state index in [9.17, 15) is 19.7 Å². The summed E-state index contributed by atoms with van der Waals surface area (Å²) in [4.78, 5) is 34.2. The Balaban J connectivity index is 1.35. The number of carbonyl (C=O) groups excluding carboxylic acids is 2. The van der Waals surface area contributed by atoms with E-state index in [4.69, 9.17) is 14.2 Å². The van der Waals surface area contributed by atoms with Crippen molar-refractivity contribution >= 4 is 28.9 Å². The fourth-order valence-electron chi connectivity index (χ4n) is 2.77. The van der Waals surface area contributed by atoms with Crippen LogP contribution < -0.4 is 20.1 Å². The second kappa shape index (κ2) is 10.1. The number of benzene rings is 2. The van der Waals surface area contributed by atoms with E-state index < -0.39 is 23.4 Å². The van der Waals surface area contributed by atoms with Crippen molar-refractivity contribution in [1.29, 1.82) is 0 Å². The summed E-state index contributed by atoms with van der Waals surface area (Å²) in [6.45, 7) is 0.856. The molecule has 2 aromatic rings. The summed E-state index contributed by atoms with van der Waals surface area (Å²) in [6, 6.07) is 11.3. The fourth-order valence-corrected chi connectivity index (χ4v) is 2.77. The zero-order valence-electron chi connectivity index (χ0n) is 16.1. The van der Waals surface area contributed by atoms with Gasteiger partial charge in [-0.25, -0.2) is 0 Å². The van der Waals surface area contributed by atoms with Gasteiger partial charge in [0.15, 0.2) is 18.1 Å². The summed E-state index contributed by atoms with van der Waals surface area (Å²) in [5.74, 6) is 0.150. The molecule has 1 heterocycles. The second-order valence-electron chi connectivity index (χ2n) is 6.37. The van der Waals surface area contributed by atoms with Crippen molar-refractivity contribution in [3.63, 3.8) is 0 Å². The molecule has 0 saturated carbocycles. The zero-order chi connectivity index (χ0) is 21.3. The molecule has 30 heavy (non-hydrogen) atoms. The highest BCUT2D eigenvalue weighted by atomic mass is 16.6. The van der Waals surface area contributed by atoms with Crippen LogP contribution in [0.1, 0.15) is 12.8 Å². The summed E-state index contributed by atoms with van der Waals surface area (Å²) in [5, 5.41) is 16.5. The van der Waals surface area contributed by atoms with E-state index in [0.29, 0.717) is 49.1 Å². The highest BCUT2D eigenvalue weighted by Crippen LogP contribution is 2.32. The Morgan fingerprint density at radius 3 is 2.67 bits per heavy atom. The third-order valence-corrected chi connectivity index (χ3v) is 4.16. The molecule has 0 saturated heterocycles. The van der Waals surface area contributed by atoms with Crippen molar-refractivity contribution in [3.8, 4) is 11.5 Å². The van der Waals surface area contributed by atoms with Gasteiger partial charge in [-0.2, -0.15) is 0 Å². The molecule has 0 spiro atoms. The highest BCUT2D eigenvalue weighted by Gasteiger charge is 2.14. The Morgan fingerprint density at radius 1 is 1.10 bits per heavy atom. The first-order valence-corrected chi connectivity index (χ1v) is 9.35. The molecule has 10 heteroatoms. The van der Waals surface area contributed by atoms with Crippen LogP contribution in [0.5, 0.6) is 11.5 Å². The molecule has 0 atom stereocenters. The van der Waals surface area contributed by atoms with Crippen LogP contribution in [0.2, 0.25) is 0 Å². The maximum atomic E-state index is 12.0. The molecule has 2 aromatic carbocycles. The number of para-hydroxylation sites is 2. The monoisotopic (exact) mass is 415 g/mol. The number of esters is 1. The molecule has 2 N–H and O–H groups in total. The molecule has 1 aliphatic heterocycles. The number of ether oxygens (including phenoxy) is 3. The average Bonchev–Trinajstić information content (AvgIpc) is 2.75. The van der Waals surface area contributed by atoms with Crippen LogP contribution in [0.15, 0.2) is 42.5 Å². The van der Waals surface area contributed by atoms with E-state index in [2.05, 4.69) is 10.6 Å². The van der Waals surface area contributed by atoms with Gasteiger partial charge in [-0.15, -0.1) is 0 Å². The summed E-state index contributed by atoms with van der Waals surface area (Å²) < 4.78 is 15.8. The van der Waals surface area contributed by atoms with Gasteiger partial charge in [-0.1, -0.05) is 12.1 Å². The first-order chi connectivity index (χ1) is 14.5. The van der Waals surface area contributed by atoms with E-state index in [1.165, 1.54) is 6.07 Å². The summed E-state index contributed by atoms with van der Waals surface area (Å²) in [6.07, 6.45) is 0.472. The van der Waals surface area contributed by atoms with Gasteiger partial charge < -0.3 is 24.8 Å². The maximum Gasteiger partial charge on any atom is 0.306 e. The van der Waals surface area contributed by atoms with Crippen molar-refractivity contribution in [2.24, 2.45) is 0 Å². The Morgan fingerprint density at radius 2 is 1.87 bits per heavy atom. The number of carbonyl (C=O) groups is 2. The number of hydrogen-bond acceptors (Lipinski definition) is 8. The van der Waals surface area contributed by atoms with Gasteiger partial charge in [0.05, 0.1) is 4.92 Å². The van der Waals surface area contributed by atoms with Crippen molar-refractivity contribution in [1.82, 2.24) is 0 Å². The molecule has 0 bridgehead atoms. The minimum absolute atomic E-state index is 0.0316. The second-order valence-corrected chi connectivity index (χ2v) is 6.37. The van der Waals surface area contributed by atoms with Crippen molar-refractivity contribution < 1.29 is 28.7 Å². The lowest BCUT2D eigenvalue weighted by Crippen LogP contribution is -2.21. The van der Waals surface area contributed by atoms with Crippen molar-refractivity contribution in [3.05, 3.63) is 52.6 Å². The highest BCUT2D eigenvalue weighted by molar-refractivity contribution is 5.93. The van der Waals surface area contributed by atoms with Crippen LogP contribution >= 0.6 is 0 Å². The lowest BCUT2D eigenvalue weighted by Gasteiger charge is -2.19. The summed E-state index contributed by atoms with van der Waals surface area (Å²) in [5.41, 5.74) is 0.861. The Hall–Kier alpha value is -3.82. The van der Waals surface area contributed by atoms with Crippen LogP contribution in [-0.4, -0.2) is 43.2 Å². The topological polar surface area (TPSA) is 129 Å². The van der Waals surface area contributed by atoms with Gasteiger partial charge in [0.25, 0.3) is 11.6 Å². The molecule has 10 nitrogen and oxygen atoms in total. The number of nitro groups is 1. The zero-order valence-corrected chi connectivity index (χ0v) is 16.1. The van der Waals surface area contributed by atoms with Gasteiger partial charge in [0, 0.05) is 30.8 Å². The van der Waals surface area contributed by atoms with E-state index in [1.807, 2.05) is 0 Å². The van der Waals surface area contributed by atoms with Gasteiger partial charge in [0.2, 0.25) is 0 Å². The van der Waals surface area contributed by atoms with E-state index in [0.717, 1.165) is 0 Å². The summed E-state index contributed by atoms with van der Waals surface area (Å²) >= 11 is 0. The lowest BCUT2D eigenvalue weighted by molar-refractivity contribution is -0.384. The first-order valence-electron chi connectivity index (χ1n) is 9.35. The number of anilines is 2. The smallest absolute Gasteiger partial charge is 0.306 e. The number of hydrogen-bond donors (Lipinski definition) is 2. The number of nitrogens with one attached hydrogen (secondary N) is 2. The normalized spacial score (nSPS) is 12.0. The average molecular weight is 415 g/mol. The molecule has 0 unspecified atom stereocenters. The van der Waals surface area contributed by atoms with Crippen molar-refractivity contribution in [2.45, 2.75) is 12.8 Å². The molecule has 0 aliphatic carbocycles. The number of nitrogens with zero attached hydrogens (tertiary/aromatic N) is 1. The van der Waals surface area contributed by atoms with Gasteiger partial charge in [-0.3, -0.25) is 19.7 Å². The van der Waals surface area contributed by atoms with Crippen LogP contribution in [0, 0.1) is 10.1 Å². The minimum Gasteiger partial charge on any atom is -0.486 e. The number of fused-ring (bicyclic) bond motifs is 1. The fraction of sp³-hybridized carbons (Fsp3) is 0.300. The van der Waals surface area contributed by atoms with E-state index in [-0.39, 0.29) is 12.1 Å². The molecule has 1 aliphatic rings. The molecule has 0 radical (unpaired) electrons. The van der Waals surface area contributed by atoms with E-state index >= 15 is 0 Å². The molecular formula is C20H21N3O7. The van der Waals surface area contributed by atoms with Gasteiger partial charge in [-0.05, 0) is 24.6 Å². The SMILES string of the molecule is O=C(COC(=O)CCCNc1ccccc1[N+](=O)[O-])Nc1ccc2c(c1)OCCO2. The van der Waals surface area contributed by atoms with Gasteiger partial charge >= 0.3 is 5.97 Å². The number of amides is 1. The number of nitro benzene ring substituents is 1. The van der Waals surface area contributed by atoms with Crippen molar-refractivity contribution in [2.75, 3.05) is 37.0 Å². The predicted molar refractivity (Wildman–Crippen MR) is 108 cm³/mol. The Bertz CT molecular complexity index is 932. The van der Waals surface area contributed by atoms with Crippen LogP contribution in [0.4, 0.5) is 17.1 Å². The van der Waals surface area contributed by atoms with Crippen LogP contribution in [-0.2, 0) is 14.3 Å². The van der Waals surface area contributed by atoms with Crippen LogP contribution in [0.3, 0.4) is 0 Å². The largest absolute Gasteiger partial charge is 0.486 e. The third kappa shape index (κ3) is 5.84. The Labute approximate surface area is 172 Å². The standard InChI is InChI=1S/C20H21N3O7/c24-19(22-14-7-8-17-18(12-14)29-11-10-28-17)13-30-20(25)6-3-9-21-15-4-1-2-5-16(15)23(26)27/h1-2,4-5,7-8,12,21H,3,6,9-11,13H2,(H,22,24). The third-order valence-electron chi connectivity index (χ3n) is 4.16. The molecule has 158 valence electrons. The molecule has 1 amide bonds. The van der Waals surface area contributed by atoms with Gasteiger partial charge in [0.1, 0.15) is 18.9 Å². The van der Waals surface area contributed by atoms with E-state index in [1.54, 1.807) is 36.4 Å². The number of rotatable bonds is 9. The molecule has 0 aromatic heterocycles. The molecule has 3 rings (SSSR count). The minimum atomic E-state index is -0.531. The quantitative estimate of drug-likeness (QED) is 0.277. The lowest BCUT2D eigenvalue weighted by atomic mass is 10.2. The first kappa shape index (κ1) is 20.9. The predicted octanol–water partition coefficient (Wildman–Crippen LogP) is 2.74. The maximum absolute atomic E-state index is 12.0. The summed E-state index contributed by atoms with van der Waals surface area (Å²) in [7, 11) is 0. The van der Waals surface area contributed by atoms with Crippen LogP contribution in [0.25, 0.3) is 0 Å². The molecule has 0 fully saturated rings.